The lowest BCUT2D eigenvalue weighted by atomic mass is 9.99. The minimum Gasteiger partial charge on any atom is -0.394 e. The van der Waals surface area contributed by atoms with E-state index in [0.29, 0.717) is 0 Å². The van der Waals surface area contributed by atoms with E-state index in [1.54, 1.807) is 13.8 Å². The third-order valence-electron chi connectivity index (χ3n) is 2.87. The maximum atomic E-state index is 9.94. The first-order chi connectivity index (χ1) is 7.48. The van der Waals surface area contributed by atoms with Gasteiger partial charge in [-0.25, -0.2) is 0 Å². The van der Waals surface area contributed by atoms with Gasteiger partial charge in [0.15, 0.2) is 12.1 Å². The van der Waals surface area contributed by atoms with E-state index >= 15 is 0 Å². The Balaban J connectivity index is 2.18. The Labute approximate surface area is 94.1 Å². The zero-order valence-corrected chi connectivity index (χ0v) is 9.62. The van der Waals surface area contributed by atoms with Crippen LogP contribution in [0.3, 0.4) is 0 Å². The van der Waals surface area contributed by atoms with Gasteiger partial charge in [-0.15, -0.1) is 0 Å². The van der Waals surface area contributed by atoms with Crippen molar-refractivity contribution in [2.24, 2.45) is 0 Å². The van der Waals surface area contributed by atoms with Gasteiger partial charge in [-0.3, -0.25) is 0 Å². The molecular formula is C10H18O6. The highest BCUT2D eigenvalue weighted by molar-refractivity contribution is 4.95. The van der Waals surface area contributed by atoms with E-state index in [0.717, 1.165) is 0 Å². The predicted octanol–water partition coefficient (Wildman–Crippen LogP) is -0.769. The second kappa shape index (κ2) is 4.21. The van der Waals surface area contributed by atoms with E-state index in [9.17, 15) is 5.11 Å². The third-order valence-corrected chi connectivity index (χ3v) is 2.87. The van der Waals surface area contributed by atoms with Gasteiger partial charge in [0, 0.05) is 7.11 Å². The molecule has 16 heavy (non-hydrogen) atoms. The number of hydrogen-bond acceptors (Lipinski definition) is 6. The average molecular weight is 234 g/mol. The molecule has 5 atom stereocenters. The minimum absolute atomic E-state index is 0.284. The van der Waals surface area contributed by atoms with E-state index in [2.05, 4.69) is 0 Å². The van der Waals surface area contributed by atoms with Crippen molar-refractivity contribution >= 4 is 0 Å². The topological polar surface area (TPSA) is 77.4 Å². The lowest BCUT2D eigenvalue weighted by molar-refractivity contribution is -0.272. The number of methoxy groups -OCH3 is 1. The number of aliphatic hydroxyl groups is 2. The maximum Gasteiger partial charge on any atom is 0.186 e. The lowest BCUT2D eigenvalue weighted by Crippen LogP contribution is -2.57. The Bertz CT molecular complexity index is 256. The van der Waals surface area contributed by atoms with Crippen LogP contribution >= 0.6 is 0 Å². The van der Waals surface area contributed by atoms with Crippen molar-refractivity contribution < 1.29 is 29.2 Å². The largest absolute Gasteiger partial charge is 0.394 e. The zero-order chi connectivity index (χ0) is 11.9. The summed E-state index contributed by atoms with van der Waals surface area (Å²) in [7, 11) is 1.49. The van der Waals surface area contributed by atoms with Gasteiger partial charge in [0.2, 0.25) is 0 Å². The molecule has 0 saturated carbocycles. The molecule has 0 bridgehead atoms. The molecule has 0 aromatic rings. The predicted molar refractivity (Wildman–Crippen MR) is 52.6 cm³/mol. The van der Waals surface area contributed by atoms with Crippen LogP contribution in [0.2, 0.25) is 0 Å². The Morgan fingerprint density at radius 3 is 2.44 bits per heavy atom. The molecule has 2 rings (SSSR count). The Kier molecular flexibility index (Phi) is 3.22. The highest BCUT2D eigenvalue weighted by atomic mass is 16.8. The summed E-state index contributed by atoms with van der Waals surface area (Å²) >= 11 is 0. The molecule has 0 aliphatic carbocycles. The van der Waals surface area contributed by atoms with Crippen molar-refractivity contribution in [1.82, 2.24) is 0 Å². The number of ether oxygens (including phenoxy) is 4. The summed E-state index contributed by atoms with van der Waals surface area (Å²) in [4.78, 5) is 0. The highest BCUT2D eigenvalue weighted by Crippen LogP contribution is 2.37. The zero-order valence-electron chi connectivity index (χ0n) is 9.62. The Morgan fingerprint density at radius 1 is 1.25 bits per heavy atom. The van der Waals surface area contributed by atoms with Crippen molar-refractivity contribution in [3.8, 4) is 0 Å². The second-order valence-corrected chi connectivity index (χ2v) is 4.52. The molecule has 2 unspecified atom stereocenters. The van der Waals surface area contributed by atoms with E-state index in [4.69, 9.17) is 24.1 Å². The number of rotatable bonds is 2. The molecule has 6 nitrogen and oxygen atoms in total. The summed E-state index contributed by atoms with van der Waals surface area (Å²) in [6.45, 7) is 3.24. The molecule has 2 N–H and O–H groups in total. The fraction of sp³-hybridized carbons (Fsp3) is 1.00. The Morgan fingerprint density at radius 2 is 1.88 bits per heavy atom. The molecule has 0 amide bonds. The van der Waals surface area contributed by atoms with Crippen molar-refractivity contribution in [2.45, 2.75) is 50.3 Å². The first kappa shape index (κ1) is 12.2. The first-order valence-electron chi connectivity index (χ1n) is 5.31. The van der Waals surface area contributed by atoms with Gasteiger partial charge < -0.3 is 29.2 Å². The van der Waals surface area contributed by atoms with Crippen LogP contribution in [-0.4, -0.2) is 60.4 Å². The quantitative estimate of drug-likeness (QED) is 0.653. The van der Waals surface area contributed by atoms with Gasteiger partial charge in [-0.1, -0.05) is 0 Å². The van der Waals surface area contributed by atoms with Crippen LogP contribution in [0, 0.1) is 0 Å². The summed E-state index contributed by atoms with van der Waals surface area (Å²) < 4.78 is 21.7. The molecule has 2 heterocycles. The molecular weight excluding hydrogens is 216 g/mol. The van der Waals surface area contributed by atoms with Gasteiger partial charge in [0.05, 0.1) is 6.61 Å². The number of fused-ring (bicyclic) bond motifs is 1. The molecule has 2 fully saturated rings. The molecule has 2 aliphatic heterocycles. The second-order valence-electron chi connectivity index (χ2n) is 4.52. The molecule has 94 valence electrons. The van der Waals surface area contributed by atoms with Crippen LogP contribution in [0.5, 0.6) is 0 Å². The van der Waals surface area contributed by atoms with Crippen molar-refractivity contribution in [3.05, 3.63) is 0 Å². The van der Waals surface area contributed by atoms with E-state index in [1.165, 1.54) is 7.11 Å². The molecule has 0 aromatic heterocycles. The Hall–Kier alpha value is -0.240. The number of hydrogen-bond donors (Lipinski definition) is 2. The summed E-state index contributed by atoms with van der Waals surface area (Å²) in [6.07, 6.45) is -3.26. The van der Waals surface area contributed by atoms with Crippen LogP contribution in [-0.2, 0) is 18.9 Å². The third kappa shape index (κ3) is 1.97. The molecule has 0 spiro atoms. The summed E-state index contributed by atoms with van der Waals surface area (Å²) in [5.74, 6) is -0.777. The summed E-state index contributed by atoms with van der Waals surface area (Å²) in [5, 5.41) is 19.0. The van der Waals surface area contributed by atoms with Crippen LogP contribution in [0.1, 0.15) is 13.8 Å². The fourth-order valence-electron chi connectivity index (χ4n) is 2.17. The minimum atomic E-state index is -0.914. The SMILES string of the molecule is CO[C@H]1OC(CO)[C@@H](O)[C@@H]2OC(C)(C)OC12. The van der Waals surface area contributed by atoms with E-state index in [-0.39, 0.29) is 6.61 Å². The first-order valence-corrected chi connectivity index (χ1v) is 5.31. The van der Waals surface area contributed by atoms with Crippen molar-refractivity contribution in [3.63, 3.8) is 0 Å². The fourth-order valence-corrected chi connectivity index (χ4v) is 2.17. The van der Waals surface area contributed by atoms with Gasteiger partial charge in [0.1, 0.15) is 24.4 Å². The number of aliphatic hydroxyl groups excluding tert-OH is 2. The maximum absolute atomic E-state index is 9.94. The molecule has 6 heteroatoms. The van der Waals surface area contributed by atoms with E-state index in [1.807, 2.05) is 0 Å². The van der Waals surface area contributed by atoms with Gasteiger partial charge in [0.25, 0.3) is 0 Å². The molecule has 0 aromatic carbocycles. The van der Waals surface area contributed by atoms with Crippen LogP contribution in [0.25, 0.3) is 0 Å². The molecule has 2 aliphatic rings. The standard InChI is InChI=1S/C10H18O6/c1-10(2)15-7-6(12)5(4-11)14-9(13-3)8(7)16-10/h5-9,11-12H,4H2,1-3H3/t5?,6-,7+,8?,9+/m1/s1. The van der Waals surface area contributed by atoms with E-state index < -0.39 is 36.5 Å². The van der Waals surface area contributed by atoms with Crippen LogP contribution < -0.4 is 0 Å². The van der Waals surface area contributed by atoms with Gasteiger partial charge >= 0.3 is 0 Å². The smallest absolute Gasteiger partial charge is 0.186 e. The highest BCUT2D eigenvalue weighted by Gasteiger charge is 2.54. The van der Waals surface area contributed by atoms with Gasteiger partial charge in [-0.2, -0.15) is 0 Å². The lowest BCUT2D eigenvalue weighted by Gasteiger charge is -2.38. The molecule has 2 saturated heterocycles. The monoisotopic (exact) mass is 234 g/mol. The van der Waals surface area contributed by atoms with Gasteiger partial charge in [-0.05, 0) is 13.8 Å². The average Bonchev–Trinajstić information content (AvgIpc) is 2.55. The summed E-state index contributed by atoms with van der Waals surface area (Å²) in [6, 6.07) is 0. The summed E-state index contributed by atoms with van der Waals surface area (Å²) in [5.41, 5.74) is 0. The molecule has 0 radical (unpaired) electrons. The van der Waals surface area contributed by atoms with Crippen LogP contribution in [0.15, 0.2) is 0 Å². The normalized spacial score (nSPS) is 46.7. The van der Waals surface area contributed by atoms with Crippen LogP contribution in [0.4, 0.5) is 0 Å². The van der Waals surface area contributed by atoms with Crippen molar-refractivity contribution in [2.75, 3.05) is 13.7 Å². The van der Waals surface area contributed by atoms with Crippen molar-refractivity contribution in [1.29, 1.82) is 0 Å².